The first-order valence-corrected chi connectivity index (χ1v) is 12.0. The number of hydrogen-bond acceptors (Lipinski definition) is 9. The number of halogens is 3. The number of anilines is 4. The van der Waals surface area contributed by atoms with E-state index in [4.69, 9.17) is 10.7 Å². The smallest absolute Gasteiger partial charge is 0.382 e. The maximum absolute atomic E-state index is 13.1. The molecule has 38 heavy (non-hydrogen) atoms. The van der Waals surface area contributed by atoms with Gasteiger partial charge in [0, 0.05) is 43.9 Å². The van der Waals surface area contributed by atoms with Crippen molar-refractivity contribution in [1.29, 1.82) is 0 Å². The molecule has 12 heteroatoms. The molecule has 2 aromatic carbocycles. The molecule has 4 N–H and O–H groups in total. The Morgan fingerprint density at radius 3 is 2.63 bits per heavy atom. The van der Waals surface area contributed by atoms with Crippen LogP contribution in [0.15, 0.2) is 48.8 Å². The third kappa shape index (κ3) is 5.35. The van der Waals surface area contributed by atoms with Gasteiger partial charge in [0.2, 0.25) is 5.95 Å². The second-order valence-electron chi connectivity index (χ2n) is 9.02. The van der Waals surface area contributed by atoms with E-state index in [1.807, 2.05) is 17.9 Å². The average molecular weight is 523 g/mol. The van der Waals surface area contributed by atoms with Gasteiger partial charge in [-0.15, -0.1) is 0 Å². The van der Waals surface area contributed by atoms with E-state index in [-0.39, 0.29) is 17.8 Å². The number of Topliss-reactive ketones (excluding diaryl/α,β-unsaturated/α-hetero) is 1. The number of nitrogen functional groups attached to an aromatic ring is 1. The van der Waals surface area contributed by atoms with Crippen molar-refractivity contribution in [2.24, 2.45) is 0 Å². The molecule has 9 nitrogen and oxygen atoms in total. The number of nitrogens with two attached hydrogens (primary N) is 1. The van der Waals surface area contributed by atoms with Crippen LogP contribution in [0.3, 0.4) is 0 Å². The predicted molar refractivity (Wildman–Crippen MR) is 139 cm³/mol. The fourth-order valence-electron chi connectivity index (χ4n) is 4.25. The van der Waals surface area contributed by atoms with E-state index in [1.54, 1.807) is 12.1 Å². The minimum atomic E-state index is -4.52. The molecule has 0 radical (unpaired) electrons. The van der Waals surface area contributed by atoms with Gasteiger partial charge in [-0.25, -0.2) is 15.0 Å². The summed E-state index contributed by atoms with van der Waals surface area (Å²) in [5, 5.41) is 6.55. The van der Waals surface area contributed by atoms with Crippen molar-refractivity contribution in [2.45, 2.75) is 19.5 Å². The Bertz CT molecular complexity index is 1500. The Morgan fingerprint density at radius 1 is 1.08 bits per heavy atom. The van der Waals surface area contributed by atoms with Crippen LogP contribution in [0.1, 0.15) is 27.0 Å². The molecule has 1 fully saturated rings. The largest absolute Gasteiger partial charge is 0.416 e. The first-order valence-electron chi connectivity index (χ1n) is 12.0. The Hall–Kier alpha value is -4.32. The molecular formula is C26H25F3N8O. The summed E-state index contributed by atoms with van der Waals surface area (Å²) in [6, 6.07) is 9.82. The van der Waals surface area contributed by atoms with Gasteiger partial charge in [0.05, 0.1) is 5.56 Å². The van der Waals surface area contributed by atoms with E-state index in [0.29, 0.717) is 34.1 Å². The van der Waals surface area contributed by atoms with Crippen molar-refractivity contribution >= 4 is 40.1 Å². The molecule has 0 amide bonds. The Kier molecular flexibility index (Phi) is 6.81. The van der Waals surface area contributed by atoms with Gasteiger partial charge in [-0.2, -0.15) is 18.2 Å². The molecule has 4 aromatic rings. The first kappa shape index (κ1) is 25.3. The zero-order valence-corrected chi connectivity index (χ0v) is 20.5. The molecule has 5 rings (SSSR count). The van der Waals surface area contributed by atoms with Gasteiger partial charge in [0.15, 0.2) is 17.4 Å². The molecule has 0 atom stereocenters. The van der Waals surface area contributed by atoms with Gasteiger partial charge < -0.3 is 21.3 Å². The first-order chi connectivity index (χ1) is 18.2. The second-order valence-corrected chi connectivity index (χ2v) is 9.02. The van der Waals surface area contributed by atoms with Crippen LogP contribution in [0, 0.1) is 6.92 Å². The van der Waals surface area contributed by atoms with Crippen LogP contribution >= 0.6 is 0 Å². The summed E-state index contributed by atoms with van der Waals surface area (Å²) in [4.78, 5) is 32.6. The summed E-state index contributed by atoms with van der Waals surface area (Å²) >= 11 is 0. The number of benzene rings is 2. The molecule has 3 heterocycles. The van der Waals surface area contributed by atoms with Crippen LogP contribution < -0.4 is 21.3 Å². The van der Waals surface area contributed by atoms with E-state index >= 15 is 0 Å². The number of carbonyl (C=O) groups is 1. The summed E-state index contributed by atoms with van der Waals surface area (Å²) < 4.78 is 39.2. The summed E-state index contributed by atoms with van der Waals surface area (Å²) in [7, 11) is 0. The Balaban J connectivity index is 1.43. The highest BCUT2D eigenvalue weighted by atomic mass is 19.4. The number of nitrogens with one attached hydrogen (secondary N) is 2. The summed E-state index contributed by atoms with van der Waals surface area (Å²) in [6.45, 7) is 4.98. The number of fused-ring (bicyclic) bond motifs is 1. The molecule has 1 aliphatic heterocycles. The van der Waals surface area contributed by atoms with Crippen molar-refractivity contribution in [3.63, 3.8) is 0 Å². The highest BCUT2D eigenvalue weighted by Crippen LogP contribution is 2.31. The van der Waals surface area contributed by atoms with Crippen molar-refractivity contribution < 1.29 is 18.0 Å². The molecule has 1 saturated heterocycles. The standard InChI is InChI=1S/C26H25F3N8O/c1-15-5-6-16(12-20(38)17-3-2-4-18(13-17)26(27,28)29)11-19(15)34-24-22-21(32-14-33-24)23(30)36-25(35-22)37-9-7-31-8-10-37/h2-6,11,13-14,31H,7-10,12H2,1H3,(H2,30,35,36)(H,32,33,34). The molecule has 2 aromatic heterocycles. The fourth-order valence-corrected chi connectivity index (χ4v) is 4.25. The maximum atomic E-state index is 13.1. The van der Waals surface area contributed by atoms with Crippen LogP contribution in [0.4, 0.5) is 36.4 Å². The van der Waals surface area contributed by atoms with E-state index < -0.39 is 17.5 Å². The SMILES string of the molecule is Cc1ccc(CC(=O)c2cccc(C(F)(F)F)c2)cc1Nc1ncnc2c(N)nc(N3CCNCC3)nc12. The second kappa shape index (κ2) is 10.2. The van der Waals surface area contributed by atoms with Gasteiger partial charge in [-0.05, 0) is 36.2 Å². The lowest BCUT2D eigenvalue weighted by Crippen LogP contribution is -2.44. The third-order valence-corrected chi connectivity index (χ3v) is 6.33. The van der Waals surface area contributed by atoms with E-state index in [9.17, 15) is 18.0 Å². The molecule has 196 valence electrons. The monoisotopic (exact) mass is 522 g/mol. The van der Waals surface area contributed by atoms with Crippen LogP contribution in [0.25, 0.3) is 11.0 Å². The average Bonchev–Trinajstić information content (AvgIpc) is 2.91. The number of hydrogen-bond donors (Lipinski definition) is 3. The van der Waals surface area contributed by atoms with E-state index in [1.165, 1.54) is 18.5 Å². The van der Waals surface area contributed by atoms with Crippen molar-refractivity contribution in [3.8, 4) is 0 Å². The Labute approximate surface area is 216 Å². The molecule has 0 unspecified atom stereocenters. The van der Waals surface area contributed by atoms with Gasteiger partial charge >= 0.3 is 6.18 Å². The Morgan fingerprint density at radius 2 is 1.87 bits per heavy atom. The van der Waals surface area contributed by atoms with Crippen LogP contribution in [-0.2, 0) is 12.6 Å². The fraction of sp³-hybridized carbons (Fsp3) is 0.269. The number of rotatable bonds is 6. The zero-order valence-electron chi connectivity index (χ0n) is 20.5. The number of aromatic nitrogens is 4. The van der Waals surface area contributed by atoms with Gasteiger partial charge in [-0.1, -0.05) is 24.3 Å². The normalized spacial score (nSPS) is 14.1. The molecule has 0 bridgehead atoms. The molecule has 1 aliphatic rings. The zero-order chi connectivity index (χ0) is 26.9. The number of nitrogens with zero attached hydrogens (tertiary/aromatic N) is 5. The molecule has 0 aliphatic carbocycles. The third-order valence-electron chi connectivity index (χ3n) is 6.33. The highest BCUT2D eigenvalue weighted by molar-refractivity contribution is 5.98. The maximum Gasteiger partial charge on any atom is 0.416 e. The summed E-state index contributed by atoms with van der Waals surface area (Å²) in [5.74, 6) is 0.738. The molecule has 0 saturated carbocycles. The topological polar surface area (TPSA) is 122 Å². The number of aryl methyl sites for hydroxylation is 1. The minimum Gasteiger partial charge on any atom is -0.382 e. The van der Waals surface area contributed by atoms with Crippen LogP contribution in [0.2, 0.25) is 0 Å². The van der Waals surface area contributed by atoms with Gasteiger partial charge in [0.1, 0.15) is 17.4 Å². The van der Waals surface area contributed by atoms with Crippen LogP contribution in [0.5, 0.6) is 0 Å². The molecular weight excluding hydrogens is 497 g/mol. The van der Waals surface area contributed by atoms with E-state index in [2.05, 4.69) is 25.6 Å². The molecule has 0 spiro atoms. The predicted octanol–water partition coefficient (Wildman–Crippen LogP) is 3.91. The van der Waals surface area contributed by atoms with Crippen LogP contribution in [-0.4, -0.2) is 51.9 Å². The van der Waals surface area contributed by atoms with Gasteiger partial charge in [-0.3, -0.25) is 4.79 Å². The van der Waals surface area contributed by atoms with Crippen molar-refractivity contribution in [2.75, 3.05) is 42.1 Å². The van der Waals surface area contributed by atoms with Crippen molar-refractivity contribution in [1.82, 2.24) is 25.3 Å². The number of carbonyl (C=O) groups excluding carboxylic acids is 1. The van der Waals surface area contributed by atoms with E-state index in [0.717, 1.165) is 43.9 Å². The number of alkyl halides is 3. The lowest BCUT2D eigenvalue weighted by molar-refractivity contribution is -0.137. The van der Waals surface area contributed by atoms with Gasteiger partial charge in [0.25, 0.3) is 0 Å². The van der Waals surface area contributed by atoms with Crippen molar-refractivity contribution in [3.05, 3.63) is 71.0 Å². The highest BCUT2D eigenvalue weighted by Gasteiger charge is 2.31. The minimum absolute atomic E-state index is 0.00400. The summed E-state index contributed by atoms with van der Waals surface area (Å²) in [5.41, 5.74) is 8.40. The number of ketones is 1. The summed E-state index contributed by atoms with van der Waals surface area (Å²) in [6.07, 6.45) is -3.22. The lowest BCUT2D eigenvalue weighted by atomic mass is 9.99. The quantitative estimate of drug-likeness (QED) is 0.324. The lowest BCUT2D eigenvalue weighted by Gasteiger charge is -2.27. The number of piperazine rings is 1.